The molecule has 0 spiro atoms. The molecule has 5 heteroatoms. The van der Waals surface area contributed by atoms with Crippen molar-refractivity contribution in [1.82, 2.24) is 15.8 Å². The zero-order chi connectivity index (χ0) is 14.8. The van der Waals surface area contributed by atoms with Crippen LogP contribution < -0.4 is 10.6 Å². The van der Waals surface area contributed by atoms with Gasteiger partial charge in [0.05, 0.1) is 5.69 Å². The van der Waals surface area contributed by atoms with Crippen molar-refractivity contribution < 1.29 is 4.52 Å². The number of hydrogen-bond acceptors (Lipinski definition) is 3. The highest BCUT2D eigenvalue weighted by molar-refractivity contribution is 5.79. The third-order valence-electron chi connectivity index (χ3n) is 2.75. The van der Waals surface area contributed by atoms with Crippen LogP contribution in [0.5, 0.6) is 0 Å². The van der Waals surface area contributed by atoms with Gasteiger partial charge in [0, 0.05) is 19.2 Å². The van der Waals surface area contributed by atoms with E-state index >= 15 is 0 Å². The normalized spacial score (nSPS) is 12.3. The summed E-state index contributed by atoms with van der Waals surface area (Å²) in [5.41, 5.74) is 0.973. The topological polar surface area (TPSA) is 62.5 Å². The predicted octanol–water partition coefficient (Wildman–Crippen LogP) is 2.82. The van der Waals surface area contributed by atoms with Crippen molar-refractivity contribution in [2.75, 3.05) is 13.1 Å². The maximum atomic E-state index is 5.27. The first-order chi connectivity index (χ1) is 9.67. The number of rotatable bonds is 7. The first-order valence-corrected chi connectivity index (χ1v) is 7.26. The number of aliphatic imine (C=N–C) groups is 1. The molecule has 112 valence electrons. The Morgan fingerprint density at radius 3 is 2.85 bits per heavy atom. The lowest BCUT2D eigenvalue weighted by atomic mass is 10.1. The van der Waals surface area contributed by atoms with Gasteiger partial charge in [-0.3, -0.25) is 0 Å². The molecule has 1 aromatic heterocycles. The number of nitrogens with one attached hydrogen (secondary N) is 2. The summed E-state index contributed by atoms with van der Waals surface area (Å²) in [6.07, 6.45) is 5.16. The van der Waals surface area contributed by atoms with Crippen molar-refractivity contribution in [2.45, 2.75) is 46.6 Å². The van der Waals surface area contributed by atoms with Crippen molar-refractivity contribution in [3.63, 3.8) is 0 Å². The standard InChI is InChI=1S/C15H26N4O/c1-5-7-8-9-17-15(16-6-2)18-11-13-10-14(12(3)4)19-20-13/h5,7,10,12H,6,8-9,11H2,1-4H3,(H2,16,17,18). The van der Waals surface area contributed by atoms with Gasteiger partial charge in [-0.2, -0.15) is 0 Å². The van der Waals surface area contributed by atoms with Crippen LogP contribution in [-0.2, 0) is 6.54 Å². The lowest BCUT2D eigenvalue weighted by Gasteiger charge is -2.09. The average molecular weight is 278 g/mol. The van der Waals surface area contributed by atoms with Gasteiger partial charge >= 0.3 is 0 Å². The van der Waals surface area contributed by atoms with Crippen LogP contribution in [0.2, 0.25) is 0 Å². The van der Waals surface area contributed by atoms with Crippen LogP contribution in [0.4, 0.5) is 0 Å². The second-order valence-electron chi connectivity index (χ2n) is 4.85. The molecule has 1 heterocycles. The molecule has 0 fully saturated rings. The van der Waals surface area contributed by atoms with Crippen LogP contribution >= 0.6 is 0 Å². The molecule has 0 atom stereocenters. The van der Waals surface area contributed by atoms with Crippen LogP contribution in [0.3, 0.4) is 0 Å². The molecule has 0 aromatic carbocycles. The smallest absolute Gasteiger partial charge is 0.191 e. The van der Waals surface area contributed by atoms with E-state index in [0.717, 1.165) is 36.9 Å². The van der Waals surface area contributed by atoms with Crippen LogP contribution in [0.1, 0.15) is 51.5 Å². The number of guanidine groups is 1. The van der Waals surface area contributed by atoms with E-state index in [1.165, 1.54) is 0 Å². The molecular weight excluding hydrogens is 252 g/mol. The zero-order valence-electron chi connectivity index (χ0n) is 12.9. The van der Waals surface area contributed by atoms with Gasteiger partial charge in [0.1, 0.15) is 6.54 Å². The molecule has 0 amide bonds. The van der Waals surface area contributed by atoms with E-state index in [1.807, 2.05) is 19.1 Å². The van der Waals surface area contributed by atoms with E-state index in [9.17, 15) is 0 Å². The molecule has 1 aromatic rings. The monoisotopic (exact) mass is 278 g/mol. The third kappa shape index (κ3) is 5.91. The van der Waals surface area contributed by atoms with Crippen molar-refractivity contribution in [3.8, 4) is 0 Å². The maximum Gasteiger partial charge on any atom is 0.191 e. The van der Waals surface area contributed by atoms with Gasteiger partial charge in [0.25, 0.3) is 0 Å². The molecule has 0 aliphatic rings. The lowest BCUT2D eigenvalue weighted by Crippen LogP contribution is -2.37. The number of hydrogen-bond donors (Lipinski definition) is 2. The van der Waals surface area contributed by atoms with Crippen LogP contribution in [0.25, 0.3) is 0 Å². The molecular formula is C15H26N4O. The highest BCUT2D eigenvalue weighted by Gasteiger charge is 2.07. The Morgan fingerprint density at radius 1 is 1.45 bits per heavy atom. The summed E-state index contributed by atoms with van der Waals surface area (Å²) >= 11 is 0. The van der Waals surface area contributed by atoms with E-state index in [0.29, 0.717) is 12.5 Å². The van der Waals surface area contributed by atoms with Gasteiger partial charge in [0.2, 0.25) is 0 Å². The number of allylic oxidation sites excluding steroid dienone is 1. The fraction of sp³-hybridized carbons (Fsp3) is 0.600. The Bertz CT molecular complexity index is 435. The minimum atomic E-state index is 0.378. The molecule has 0 aliphatic carbocycles. The average Bonchev–Trinajstić information content (AvgIpc) is 2.90. The van der Waals surface area contributed by atoms with Gasteiger partial charge in [0.15, 0.2) is 11.7 Å². The molecule has 0 aliphatic heterocycles. The summed E-state index contributed by atoms with van der Waals surface area (Å²) in [4.78, 5) is 4.49. The third-order valence-corrected chi connectivity index (χ3v) is 2.75. The van der Waals surface area contributed by atoms with E-state index in [1.54, 1.807) is 0 Å². The van der Waals surface area contributed by atoms with Crippen LogP contribution in [-0.4, -0.2) is 24.2 Å². The summed E-state index contributed by atoms with van der Waals surface area (Å²) in [5.74, 6) is 1.97. The Hall–Kier alpha value is -1.78. The zero-order valence-corrected chi connectivity index (χ0v) is 12.9. The Kier molecular flexibility index (Phi) is 7.47. The van der Waals surface area contributed by atoms with E-state index in [-0.39, 0.29) is 0 Å². The van der Waals surface area contributed by atoms with Gasteiger partial charge in [-0.05, 0) is 26.2 Å². The largest absolute Gasteiger partial charge is 0.359 e. The molecule has 2 N–H and O–H groups in total. The maximum absolute atomic E-state index is 5.27. The minimum absolute atomic E-state index is 0.378. The molecule has 1 rings (SSSR count). The molecule has 0 saturated carbocycles. The van der Waals surface area contributed by atoms with E-state index < -0.39 is 0 Å². The Balaban J connectivity index is 2.51. The Labute approximate surface area is 121 Å². The summed E-state index contributed by atoms with van der Waals surface area (Å²) in [6, 6.07) is 1.97. The molecule has 0 unspecified atom stereocenters. The fourth-order valence-corrected chi connectivity index (χ4v) is 1.61. The van der Waals surface area contributed by atoms with Gasteiger partial charge in [-0.1, -0.05) is 31.2 Å². The second kappa shape index (κ2) is 9.18. The summed E-state index contributed by atoms with van der Waals surface area (Å²) in [7, 11) is 0. The van der Waals surface area contributed by atoms with Gasteiger partial charge in [-0.25, -0.2) is 4.99 Å². The predicted molar refractivity (Wildman–Crippen MR) is 82.8 cm³/mol. The quantitative estimate of drug-likeness (QED) is 0.348. The van der Waals surface area contributed by atoms with E-state index in [4.69, 9.17) is 4.52 Å². The fourth-order valence-electron chi connectivity index (χ4n) is 1.61. The highest BCUT2D eigenvalue weighted by Crippen LogP contribution is 2.14. The summed E-state index contributed by atoms with van der Waals surface area (Å²) in [6.45, 7) is 10.5. The second-order valence-corrected chi connectivity index (χ2v) is 4.85. The molecule has 5 nitrogen and oxygen atoms in total. The van der Waals surface area contributed by atoms with Crippen LogP contribution in [0, 0.1) is 0 Å². The molecule has 0 bridgehead atoms. The lowest BCUT2D eigenvalue weighted by molar-refractivity contribution is 0.376. The van der Waals surface area contributed by atoms with Crippen LogP contribution in [0.15, 0.2) is 27.7 Å². The molecule has 20 heavy (non-hydrogen) atoms. The van der Waals surface area contributed by atoms with Gasteiger partial charge < -0.3 is 15.2 Å². The molecule has 0 saturated heterocycles. The summed E-state index contributed by atoms with van der Waals surface area (Å²) in [5, 5.41) is 10.5. The Morgan fingerprint density at radius 2 is 2.25 bits per heavy atom. The first kappa shape index (κ1) is 16.3. The minimum Gasteiger partial charge on any atom is -0.359 e. The molecule has 0 radical (unpaired) electrons. The highest BCUT2D eigenvalue weighted by atomic mass is 16.5. The van der Waals surface area contributed by atoms with Crippen molar-refractivity contribution in [3.05, 3.63) is 29.7 Å². The van der Waals surface area contributed by atoms with Gasteiger partial charge in [-0.15, -0.1) is 0 Å². The van der Waals surface area contributed by atoms with Crippen molar-refractivity contribution >= 4 is 5.96 Å². The SMILES string of the molecule is CC=CCCNC(=NCc1cc(C(C)C)no1)NCC. The number of aromatic nitrogens is 1. The van der Waals surface area contributed by atoms with Crippen molar-refractivity contribution in [1.29, 1.82) is 0 Å². The first-order valence-electron chi connectivity index (χ1n) is 7.26. The van der Waals surface area contributed by atoms with E-state index in [2.05, 4.69) is 47.6 Å². The number of nitrogens with zero attached hydrogens (tertiary/aromatic N) is 2. The van der Waals surface area contributed by atoms with Crippen molar-refractivity contribution in [2.24, 2.45) is 4.99 Å². The summed E-state index contributed by atoms with van der Waals surface area (Å²) < 4.78 is 5.27.